The lowest BCUT2D eigenvalue weighted by Gasteiger charge is -2.46. The van der Waals surface area contributed by atoms with Gasteiger partial charge in [0.15, 0.2) is 0 Å². The maximum atomic E-state index is 10.3. The number of nitrogens with zero attached hydrogens (tertiary/aromatic N) is 1. The van der Waals surface area contributed by atoms with Gasteiger partial charge in [-0.25, -0.2) is 0 Å². The lowest BCUT2D eigenvalue weighted by Crippen LogP contribution is -2.53. The van der Waals surface area contributed by atoms with Gasteiger partial charge in [-0.2, -0.15) is 0 Å². The summed E-state index contributed by atoms with van der Waals surface area (Å²) in [5.74, 6) is 0.599. The topological polar surface area (TPSA) is 23.5 Å². The molecule has 0 aromatic carbocycles. The van der Waals surface area contributed by atoms with Gasteiger partial charge in [-0.1, -0.05) is 12.8 Å². The predicted octanol–water partition coefficient (Wildman–Crippen LogP) is 1.24. The Bertz CT molecular complexity index is 171. The minimum absolute atomic E-state index is 0.328. The molecule has 0 radical (unpaired) electrons. The highest BCUT2D eigenvalue weighted by atomic mass is 16.3. The summed E-state index contributed by atoms with van der Waals surface area (Å²) in [6.45, 7) is 2.07. The van der Waals surface area contributed by atoms with Crippen molar-refractivity contribution in [1.82, 2.24) is 4.90 Å². The molecule has 2 heteroatoms. The molecule has 70 valence electrons. The number of likely N-dealkylation sites (N-methyl/N-ethyl adjacent to an activating group) is 1. The molecule has 1 N–H and O–H groups in total. The number of fused-ring (bicyclic) bond motifs is 1. The van der Waals surface area contributed by atoms with Crippen LogP contribution in [-0.2, 0) is 0 Å². The molecule has 12 heavy (non-hydrogen) atoms. The monoisotopic (exact) mass is 169 g/mol. The number of likely N-dealkylation sites (tertiary alicyclic amines) is 1. The van der Waals surface area contributed by atoms with E-state index in [1.165, 1.54) is 32.2 Å². The average molecular weight is 169 g/mol. The lowest BCUT2D eigenvalue weighted by molar-refractivity contribution is -0.0940. The Morgan fingerprint density at radius 2 is 2.17 bits per heavy atom. The second kappa shape index (κ2) is 3.00. The minimum Gasteiger partial charge on any atom is -0.388 e. The van der Waals surface area contributed by atoms with Crippen LogP contribution < -0.4 is 0 Å². The first-order chi connectivity index (χ1) is 5.71. The van der Waals surface area contributed by atoms with Crippen molar-refractivity contribution in [2.75, 3.05) is 20.1 Å². The van der Waals surface area contributed by atoms with Crippen LogP contribution >= 0.6 is 0 Å². The summed E-state index contributed by atoms with van der Waals surface area (Å²) < 4.78 is 0. The molecule has 0 amide bonds. The summed E-state index contributed by atoms with van der Waals surface area (Å²) in [7, 11) is 2.11. The van der Waals surface area contributed by atoms with Gasteiger partial charge in [0.1, 0.15) is 0 Å². The fourth-order valence-electron chi connectivity index (χ4n) is 2.84. The van der Waals surface area contributed by atoms with Gasteiger partial charge in [-0.05, 0) is 38.8 Å². The molecule has 1 heterocycles. The number of aliphatic hydroxyl groups is 1. The normalized spacial score (nSPS) is 44.0. The number of β-amino-alcohol motifs (C(OH)–C–C–N with tert-alkyl or cyclic N) is 1. The Labute approximate surface area is 74.6 Å². The van der Waals surface area contributed by atoms with E-state index in [2.05, 4.69) is 11.9 Å². The number of piperidine rings is 1. The van der Waals surface area contributed by atoms with E-state index in [0.29, 0.717) is 5.92 Å². The molecule has 2 atom stereocenters. The average Bonchev–Trinajstić information content (AvgIpc) is 2.02. The first kappa shape index (κ1) is 8.52. The van der Waals surface area contributed by atoms with Crippen LogP contribution in [0.1, 0.15) is 32.1 Å². The molecule has 2 rings (SSSR count). The molecule has 0 spiro atoms. The third-order valence-corrected chi connectivity index (χ3v) is 3.58. The predicted molar refractivity (Wildman–Crippen MR) is 49.0 cm³/mol. The largest absolute Gasteiger partial charge is 0.388 e. The van der Waals surface area contributed by atoms with Gasteiger partial charge in [0.05, 0.1) is 5.60 Å². The van der Waals surface area contributed by atoms with E-state index in [4.69, 9.17) is 0 Å². The molecule has 0 aromatic heterocycles. The number of rotatable bonds is 0. The lowest BCUT2D eigenvalue weighted by atomic mass is 9.71. The third-order valence-electron chi connectivity index (χ3n) is 3.58. The third kappa shape index (κ3) is 1.38. The quantitative estimate of drug-likeness (QED) is 0.590. The summed E-state index contributed by atoms with van der Waals surface area (Å²) >= 11 is 0. The molecule has 0 bridgehead atoms. The second-order valence-electron chi connectivity index (χ2n) is 4.57. The molecule has 2 aliphatic rings. The maximum absolute atomic E-state index is 10.3. The standard InChI is InChI=1S/C10H19NO/c1-11-7-5-9-4-2-3-6-10(9,12)8-11/h9,12H,2-8H2,1H3/t9-,10+/m1/s1. The van der Waals surface area contributed by atoms with Crippen molar-refractivity contribution in [2.24, 2.45) is 5.92 Å². The fourth-order valence-corrected chi connectivity index (χ4v) is 2.84. The van der Waals surface area contributed by atoms with Crippen molar-refractivity contribution < 1.29 is 5.11 Å². The Kier molecular flexibility index (Phi) is 2.13. The van der Waals surface area contributed by atoms with Crippen molar-refractivity contribution in [3.05, 3.63) is 0 Å². The van der Waals surface area contributed by atoms with Crippen molar-refractivity contribution in [3.63, 3.8) is 0 Å². The van der Waals surface area contributed by atoms with Gasteiger partial charge >= 0.3 is 0 Å². The highest BCUT2D eigenvalue weighted by molar-refractivity contribution is 4.95. The van der Waals surface area contributed by atoms with Crippen molar-refractivity contribution in [1.29, 1.82) is 0 Å². The highest BCUT2D eigenvalue weighted by Crippen LogP contribution is 2.38. The SMILES string of the molecule is CN1CC[C@H]2CCCC[C@]2(O)C1. The summed E-state index contributed by atoms with van der Waals surface area (Å²) in [6.07, 6.45) is 6.04. The van der Waals surface area contributed by atoms with E-state index in [1.807, 2.05) is 0 Å². The van der Waals surface area contributed by atoms with Gasteiger partial charge in [0.25, 0.3) is 0 Å². The molecule has 1 saturated heterocycles. The smallest absolute Gasteiger partial charge is 0.0802 e. The molecular weight excluding hydrogens is 150 g/mol. The van der Waals surface area contributed by atoms with E-state index in [9.17, 15) is 5.11 Å². The van der Waals surface area contributed by atoms with E-state index in [0.717, 1.165) is 13.0 Å². The number of hydrogen-bond donors (Lipinski definition) is 1. The van der Waals surface area contributed by atoms with Gasteiger partial charge in [-0.3, -0.25) is 0 Å². The van der Waals surface area contributed by atoms with Crippen LogP contribution in [0, 0.1) is 5.92 Å². The first-order valence-corrected chi connectivity index (χ1v) is 5.12. The van der Waals surface area contributed by atoms with Gasteiger partial charge < -0.3 is 10.0 Å². The van der Waals surface area contributed by atoms with Crippen LogP contribution in [0.3, 0.4) is 0 Å². The fraction of sp³-hybridized carbons (Fsp3) is 1.00. The Morgan fingerprint density at radius 3 is 3.00 bits per heavy atom. The zero-order chi connectivity index (χ0) is 8.60. The Morgan fingerprint density at radius 1 is 1.33 bits per heavy atom. The van der Waals surface area contributed by atoms with Crippen molar-refractivity contribution >= 4 is 0 Å². The van der Waals surface area contributed by atoms with E-state index in [-0.39, 0.29) is 5.60 Å². The van der Waals surface area contributed by atoms with Crippen molar-refractivity contribution in [2.45, 2.75) is 37.7 Å². The van der Waals surface area contributed by atoms with Gasteiger partial charge in [0.2, 0.25) is 0 Å². The molecule has 2 nitrogen and oxygen atoms in total. The Hall–Kier alpha value is -0.0800. The first-order valence-electron chi connectivity index (χ1n) is 5.12. The molecule has 1 aliphatic heterocycles. The van der Waals surface area contributed by atoms with E-state index in [1.54, 1.807) is 0 Å². The zero-order valence-electron chi connectivity index (χ0n) is 7.92. The molecule has 0 aromatic rings. The molecule has 0 unspecified atom stereocenters. The van der Waals surface area contributed by atoms with Gasteiger partial charge in [-0.15, -0.1) is 0 Å². The van der Waals surface area contributed by atoms with Crippen molar-refractivity contribution in [3.8, 4) is 0 Å². The summed E-state index contributed by atoms with van der Waals surface area (Å²) in [6, 6.07) is 0. The van der Waals surface area contributed by atoms with Crippen LogP contribution in [-0.4, -0.2) is 35.7 Å². The summed E-state index contributed by atoms with van der Waals surface area (Å²) in [5.41, 5.74) is -0.328. The second-order valence-corrected chi connectivity index (χ2v) is 4.57. The van der Waals surface area contributed by atoms with E-state index < -0.39 is 0 Å². The molecular formula is C10H19NO. The van der Waals surface area contributed by atoms with Crippen LogP contribution in [0.5, 0.6) is 0 Å². The maximum Gasteiger partial charge on any atom is 0.0802 e. The van der Waals surface area contributed by atoms with Crippen LogP contribution in [0.2, 0.25) is 0 Å². The van der Waals surface area contributed by atoms with Crippen LogP contribution in [0.15, 0.2) is 0 Å². The number of hydrogen-bond acceptors (Lipinski definition) is 2. The Balaban J connectivity index is 2.07. The van der Waals surface area contributed by atoms with E-state index >= 15 is 0 Å². The van der Waals surface area contributed by atoms with Crippen LogP contribution in [0.4, 0.5) is 0 Å². The molecule has 1 saturated carbocycles. The minimum atomic E-state index is -0.328. The molecule has 2 fully saturated rings. The van der Waals surface area contributed by atoms with Crippen LogP contribution in [0.25, 0.3) is 0 Å². The summed E-state index contributed by atoms with van der Waals surface area (Å²) in [4.78, 5) is 2.27. The van der Waals surface area contributed by atoms with Gasteiger partial charge in [0, 0.05) is 6.54 Å². The molecule has 1 aliphatic carbocycles. The highest BCUT2D eigenvalue weighted by Gasteiger charge is 2.41. The summed E-state index contributed by atoms with van der Waals surface area (Å²) in [5, 5.41) is 10.3. The zero-order valence-corrected chi connectivity index (χ0v) is 7.92.